The molecule has 14 aromatic carbocycles. The molecule has 0 saturated heterocycles. The summed E-state index contributed by atoms with van der Waals surface area (Å²) in [5.41, 5.74) is -6.63. The molecule has 18 rings (SSSR count). The zero-order valence-electron chi connectivity index (χ0n) is 111. The molecule has 0 bridgehead atoms. The number of para-hydroxylation sites is 2. The van der Waals surface area contributed by atoms with Gasteiger partial charge >= 0.3 is 0 Å². The third-order valence-electron chi connectivity index (χ3n) is 26.5. The lowest BCUT2D eigenvalue weighted by Crippen LogP contribution is -2.61. The lowest BCUT2D eigenvalue weighted by Gasteiger charge is -2.46. The normalized spacial score (nSPS) is 16.7. The van der Waals surface area contributed by atoms with E-state index in [4.69, 9.17) is 0 Å². The lowest BCUT2D eigenvalue weighted by molar-refractivity contribution is 0.569. The molecule has 0 radical (unpaired) electrons. The minimum absolute atomic E-state index is 0.0163. The van der Waals surface area contributed by atoms with Gasteiger partial charge in [0.25, 0.3) is 6.71 Å². The van der Waals surface area contributed by atoms with Crippen LogP contribution < -0.4 is 26.2 Å². The number of anilines is 6. The second-order valence-corrected chi connectivity index (χ2v) is 48.3. The van der Waals surface area contributed by atoms with E-state index in [2.05, 4.69) is 142 Å². The van der Waals surface area contributed by atoms with Crippen molar-refractivity contribution in [3.63, 3.8) is 0 Å². The molecule has 133 heavy (non-hydrogen) atoms. The topological polar surface area (TPSA) is 16.3 Å². The fourth-order valence-electron chi connectivity index (χ4n) is 18.7. The largest absolute Gasteiger partial charge is 0.310 e. The average molecular weight is 1780 g/mol. The van der Waals surface area contributed by atoms with E-state index in [1.54, 1.807) is 106 Å². The average Bonchev–Trinajstić information content (AvgIpc) is 0.780. The van der Waals surface area contributed by atoms with Gasteiger partial charge < -0.3 is 18.9 Å². The van der Waals surface area contributed by atoms with Gasteiger partial charge in [-0.1, -0.05) is 398 Å². The molecular weight excluding hydrogens is 1600 g/mol. The summed E-state index contributed by atoms with van der Waals surface area (Å²) in [7, 11) is 0. The summed E-state index contributed by atoms with van der Waals surface area (Å²) in [4.78, 5) is 3.57. The number of nitrogens with zero attached hydrogens (tertiary/aromatic N) is 4. The second kappa shape index (κ2) is 31.5. The molecule has 16 aromatic rings. The first-order valence-electron chi connectivity index (χ1n) is 60.4. The fourth-order valence-corrected chi connectivity index (χ4v) is 18.7. The van der Waals surface area contributed by atoms with Crippen molar-refractivity contribution < 1.29 is 37.0 Å². The maximum Gasteiger partial charge on any atom is 0.252 e. The molecule has 2 aliphatic heterocycles. The maximum absolute atomic E-state index is 12.1. The lowest BCUT2D eigenvalue weighted by atomic mass is 9.33. The van der Waals surface area contributed by atoms with Crippen molar-refractivity contribution in [2.24, 2.45) is 0 Å². The van der Waals surface area contributed by atoms with Gasteiger partial charge in [0.1, 0.15) is 0 Å². The van der Waals surface area contributed by atoms with Crippen molar-refractivity contribution in [2.75, 3.05) is 9.80 Å². The summed E-state index contributed by atoms with van der Waals surface area (Å²) in [5.74, 6) is 0. The molecule has 0 aliphatic carbocycles. The number of aromatic nitrogens is 2. The summed E-state index contributed by atoms with van der Waals surface area (Å²) < 4.78 is 291. The highest BCUT2D eigenvalue weighted by atomic mass is 15.2. The van der Waals surface area contributed by atoms with Crippen LogP contribution in [0, 0.1) is 0 Å². The van der Waals surface area contributed by atoms with Gasteiger partial charge in [-0.3, -0.25) is 0 Å². The van der Waals surface area contributed by atoms with Gasteiger partial charge in [0.05, 0.1) is 70.5 Å². The number of hydrogen-bond acceptors (Lipinski definition) is 2. The molecule has 4 heterocycles. The summed E-state index contributed by atoms with van der Waals surface area (Å²) in [6, 6.07) is 18.3. The van der Waals surface area contributed by atoms with Gasteiger partial charge in [0.2, 0.25) is 0 Å². The Kier molecular flexibility index (Phi) is 15.2. The molecular formula is C128H143BN4. The Morgan fingerprint density at radius 1 is 0.226 bits per heavy atom. The van der Waals surface area contributed by atoms with Crippen LogP contribution in [-0.4, -0.2) is 15.8 Å². The first kappa shape index (κ1) is 64.3. The minimum Gasteiger partial charge on any atom is -0.310 e. The van der Waals surface area contributed by atoms with Crippen LogP contribution in [0.3, 0.4) is 0 Å². The molecule has 0 atom stereocenters. The van der Waals surface area contributed by atoms with Crippen LogP contribution in [0.4, 0.5) is 34.1 Å². The smallest absolute Gasteiger partial charge is 0.252 e. The van der Waals surface area contributed by atoms with Crippen molar-refractivity contribution in [2.45, 2.75) is 288 Å². The van der Waals surface area contributed by atoms with E-state index in [1.807, 2.05) is 97.5 Å². The van der Waals surface area contributed by atoms with Gasteiger partial charge in [-0.15, -0.1) is 0 Å². The van der Waals surface area contributed by atoms with E-state index in [1.165, 1.54) is 4.57 Å². The predicted octanol–water partition coefficient (Wildman–Crippen LogP) is 34.6. The number of hydrogen-bond donors (Lipinski definition) is 0. The van der Waals surface area contributed by atoms with Crippen LogP contribution in [0.5, 0.6) is 0 Å². The highest BCUT2D eigenvalue weighted by molar-refractivity contribution is 7.00. The van der Waals surface area contributed by atoms with E-state index in [0.29, 0.717) is 22.3 Å². The van der Waals surface area contributed by atoms with Crippen molar-refractivity contribution in [1.82, 2.24) is 9.13 Å². The molecule has 0 amide bonds. The zero-order chi connectivity index (χ0) is 119. The standard InChI is InChI=1S/C128H143BN4/c1-118(2,3)83-51-45-78(46-52-83)96-72-90(125(22,23)24)73-97(79-47-53-84(54-48-79)119(4,5)6)116(96)132-110-76-92(130-106-43-36-34-39-94(106)95-40-35-37-44-107(95)130)59-61-104(110)129-105-62-60-93(131-108-63-57-86(121(10,11)12)70-99(108)100-71-87(122(13,14)15)58-64-109(100)131)77-111(105)133(113-68-82(67-112(132)115(113)129)81-65-88(123(16,17)18)69-89(66-81)124(19,20)21)117-98(80-49-55-85(56-50-80)120(7,8)9)74-91(126(25,26)27)75-101(117)114-102(127(28,29)30)41-38-42-103(114)128(31,32)33/h34-77H,1-33H3/i34D,35D,36D,37D,38D,39D,40D,41D,42D,43D,44D,45D,46D,47D,48D,49D,50D,51D,52D,53D,54D,55D,56D,72D,73D,74D,75D. The number of fused-ring (bicyclic) bond motifs is 10. The highest BCUT2D eigenvalue weighted by Gasteiger charge is 2.48. The first-order valence-corrected chi connectivity index (χ1v) is 46.9. The molecule has 5 heteroatoms. The van der Waals surface area contributed by atoms with Crippen LogP contribution in [-0.2, 0) is 59.6 Å². The van der Waals surface area contributed by atoms with E-state index < -0.39 is 234 Å². The first-order chi connectivity index (χ1) is 73.2. The van der Waals surface area contributed by atoms with Crippen molar-refractivity contribution in [1.29, 1.82) is 0 Å². The predicted molar refractivity (Wildman–Crippen MR) is 582 cm³/mol. The quantitative estimate of drug-likeness (QED) is 0.134. The van der Waals surface area contributed by atoms with Crippen molar-refractivity contribution >= 4 is 101 Å². The molecule has 678 valence electrons. The van der Waals surface area contributed by atoms with Gasteiger partial charge in [0.15, 0.2) is 0 Å². The molecule has 2 aliphatic rings. The van der Waals surface area contributed by atoms with E-state index in [-0.39, 0.29) is 151 Å². The van der Waals surface area contributed by atoms with E-state index >= 15 is 0 Å². The van der Waals surface area contributed by atoms with Crippen LogP contribution in [0.15, 0.2) is 266 Å². The summed E-state index contributed by atoms with van der Waals surface area (Å²) in [6.07, 6.45) is 0. The molecule has 0 fully saturated rings. The number of benzene rings is 14. The Morgan fingerprint density at radius 3 is 0.880 bits per heavy atom. The fraction of sp³-hybridized carbons (Fsp3) is 0.344. The molecule has 0 N–H and O–H groups in total. The van der Waals surface area contributed by atoms with Crippen LogP contribution in [0.1, 0.15) is 327 Å². The maximum atomic E-state index is 12.1. The molecule has 0 unspecified atom stereocenters. The Hall–Kier alpha value is -11.7. The Balaban J connectivity index is 1.24. The summed E-state index contributed by atoms with van der Waals surface area (Å²) in [5, 5.41) is 1.19. The van der Waals surface area contributed by atoms with Gasteiger partial charge in [0, 0.05) is 77.9 Å². The second-order valence-electron chi connectivity index (χ2n) is 48.3. The Labute approximate surface area is 835 Å². The molecule has 4 nitrogen and oxygen atoms in total. The third kappa shape index (κ3) is 16.4. The van der Waals surface area contributed by atoms with Gasteiger partial charge in [-0.2, -0.15) is 0 Å². The minimum atomic E-state index is -1.41. The van der Waals surface area contributed by atoms with Crippen molar-refractivity contribution in [3.05, 3.63) is 327 Å². The van der Waals surface area contributed by atoms with Gasteiger partial charge in [-0.25, -0.2) is 0 Å². The third-order valence-corrected chi connectivity index (χ3v) is 26.5. The van der Waals surface area contributed by atoms with Crippen molar-refractivity contribution in [3.8, 4) is 67.0 Å². The van der Waals surface area contributed by atoms with Gasteiger partial charge in [-0.05, 0) is 267 Å². The summed E-state index contributed by atoms with van der Waals surface area (Å²) in [6.45, 7) is 62.0. The van der Waals surface area contributed by atoms with Crippen LogP contribution in [0.2, 0.25) is 0 Å². The molecule has 0 saturated carbocycles. The molecule has 0 spiro atoms. The van der Waals surface area contributed by atoms with Crippen LogP contribution >= 0.6 is 0 Å². The highest BCUT2D eigenvalue weighted by Crippen LogP contribution is 2.59. The molecule has 2 aromatic heterocycles. The van der Waals surface area contributed by atoms with E-state index in [0.717, 1.165) is 44.1 Å². The monoisotopic (exact) mass is 1770 g/mol. The van der Waals surface area contributed by atoms with E-state index in [9.17, 15) is 37.0 Å². The van der Waals surface area contributed by atoms with Crippen LogP contribution in [0.25, 0.3) is 111 Å². The number of rotatable bonds is 9. The Bertz CT molecular complexity index is 8680. The summed E-state index contributed by atoms with van der Waals surface area (Å²) >= 11 is 0. The Morgan fingerprint density at radius 2 is 0.541 bits per heavy atom. The SMILES string of the molecule is [2H]c1c([2H])c(C(C)(C)C)c(-c2c([2H])c(C(C)(C)C)c([2H])c(-c3c([2H])c([2H])c(C(C)(C)C)c([2H])c3[2H])c2N2c3cc(-n4c5ccc(C(C)(C)C)cc5c5cc(C(C)(C)C)ccc54)ccc3B3c4ccc(-n5c6c([2H])c([2H])c([2H])c([2H])c6c6c([2H])c([2H])c([2H])c([2H])c65)cc4N(c4c(-c5c([2H])c([2H])c(C(C)(C)C)c([2H])c5[2H])c([2H])c(C(C)(C)C)c([2H])c4-c4c([2H])c([2H])c(C(C)(C)C)c([2H])c4[2H])c4cc(-c5cc(C(C)(C)C)cc(C(C)(C)C)c5)cc2c43)c(C(C)(C)C)c1[2H]. The zero-order valence-corrected chi connectivity index (χ0v) is 84.2.